The van der Waals surface area contributed by atoms with Gasteiger partial charge in [-0.2, -0.15) is 0 Å². The SMILES string of the molecule is C[C@@H](c1ccccc1)N1CC(=O)NC1c1ccc(Cl)c(Cl)c1. The van der Waals surface area contributed by atoms with E-state index < -0.39 is 0 Å². The summed E-state index contributed by atoms with van der Waals surface area (Å²) in [6, 6.07) is 15.7. The predicted octanol–water partition coefficient (Wildman–Crippen LogP) is 4.19. The lowest BCUT2D eigenvalue weighted by atomic mass is 10.1. The third-order valence-electron chi connectivity index (χ3n) is 3.99. The van der Waals surface area contributed by atoms with Crippen LogP contribution in [0.5, 0.6) is 0 Å². The first-order valence-corrected chi connectivity index (χ1v) is 7.87. The average molecular weight is 335 g/mol. The van der Waals surface area contributed by atoms with Crippen molar-refractivity contribution in [3.05, 3.63) is 69.7 Å². The lowest BCUT2D eigenvalue weighted by molar-refractivity contribution is -0.118. The highest BCUT2D eigenvalue weighted by Crippen LogP contribution is 2.34. The van der Waals surface area contributed by atoms with Gasteiger partial charge in [0.1, 0.15) is 6.17 Å². The van der Waals surface area contributed by atoms with E-state index in [9.17, 15) is 4.79 Å². The maximum absolute atomic E-state index is 11.9. The van der Waals surface area contributed by atoms with Gasteiger partial charge in [-0.1, -0.05) is 59.6 Å². The van der Waals surface area contributed by atoms with Crippen LogP contribution >= 0.6 is 23.2 Å². The van der Waals surface area contributed by atoms with E-state index in [0.717, 1.165) is 5.56 Å². The number of nitrogens with zero attached hydrogens (tertiary/aromatic N) is 1. The van der Waals surface area contributed by atoms with E-state index in [1.807, 2.05) is 30.3 Å². The van der Waals surface area contributed by atoms with Gasteiger partial charge in [-0.25, -0.2) is 0 Å². The van der Waals surface area contributed by atoms with E-state index in [2.05, 4.69) is 29.3 Å². The first-order chi connectivity index (χ1) is 10.6. The molecule has 3 rings (SSSR count). The van der Waals surface area contributed by atoms with E-state index >= 15 is 0 Å². The van der Waals surface area contributed by atoms with Gasteiger partial charge in [-0.15, -0.1) is 0 Å². The Kier molecular flexibility index (Phi) is 4.39. The van der Waals surface area contributed by atoms with Crippen LogP contribution in [0.2, 0.25) is 10.0 Å². The van der Waals surface area contributed by atoms with Crippen molar-refractivity contribution in [2.75, 3.05) is 6.54 Å². The number of benzene rings is 2. The summed E-state index contributed by atoms with van der Waals surface area (Å²) >= 11 is 12.1. The Morgan fingerprint density at radius 1 is 1.14 bits per heavy atom. The molecule has 1 amide bonds. The smallest absolute Gasteiger partial charge is 0.235 e. The second kappa shape index (κ2) is 6.29. The fourth-order valence-electron chi connectivity index (χ4n) is 2.78. The standard InChI is InChI=1S/C17H16Cl2N2O/c1-11(12-5-3-2-4-6-12)21-10-16(22)20-17(21)13-7-8-14(18)15(19)9-13/h2-9,11,17H,10H2,1H3,(H,20,22)/t11-,17?/m0/s1. The van der Waals surface area contributed by atoms with E-state index in [4.69, 9.17) is 23.2 Å². The maximum Gasteiger partial charge on any atom is 0.235 e. The van der Waals surface area contributed by atoms with E-state index in [1.54, 1.807) is 6.07 Å². The summed E-state index contributed by atoms with van der Waals surface area (Å²) < 4.78 is 0. The number of rotatable bonds is 3. The molecule has 5 heteroatoms. The molecular weight excluding hydrogens is 319 g/mol. The number of halogens is 2. The zero-order valence-corrected chi connectivity index (χ0v) is 13.6. The molecule has 2 aromatic carbocycles. The highest BCUT2D eigenvalue weighted by molar-refractivity contribution is 6.42. The highest BCUT2D eigenvalue weighted by atomic mass is 35.5. The summed E-state index contributed by atoms with van der Waals surface area (Å²) in [7, 11) is 0. The first-order valence-electron chi connectivity index (χ1n) is 7.11. The van der Waals surface area contributed by atoms with E-state index in [-0.39, 0.29) is 18.1 Å². The largest absolute Gasteiger partial charge is 0.335 e. The number of carbonyl (C=O) groups is 1. The molecule has 0 bridgehead atoms. The minimum absolute atomic E-state index is 0.0128. The van der Waals surface area contributed by atoms with Crippen LogP contribution in [0.1, 0.15) is 30.3 Å². The Morgan fingerprint density at radius 3 is 2.55 bits per heavy atom. The zero-order valence-electron chi connectivity index (χ0n) is 12.1. The molecule has 3 nitrogen and oxygen atoms in total. The van der Waals surface area contributed by atoms with Crippen LogP contribution in [0.3, 0.4) is 0 Å². The molecule has 2 aromatic rings. The Bertz CT molecular complexity index is 690. The van der Waals surface area contributed by atoms with Gasteiger partial charge >= 0.3 is 0 Å². The molecule has 22 heavy (non-hydrogen) atoms. The lowest BCUT2D eigenvalue weighted by Gasteiger charge is -2.30. The van der Waals surface area contributed by atoms with Crippen LogP contribution in [0.25, 0.3) is 0 Å². The molecule has 0 radical (unpaired) electrons. The molecular formula is C17H16Cl2N2O. The number of hydrogen-bond donors (Lipinski definition) is 1. The van der Waals surface area contributed by atoms with Crippen molar-refractivity contribution in [1.82, 2.24) is 10.2 Å². The van der Waals surface area contributed by atoms with Crippen molar-refractivity contribution in [3.63, 3.8) is 0 Å². The van der Waals surface area contributed by atoms with Gasteiger partial charge in [0.2, 0.25) is 5.91 Å². The van der Waals surface area contributed by atoms with Gasteiger partial charge in [0.05, 0.1) is 16.6 Å². The topological polar surface area (TPSA) is 32.3 Å². The molecule has 1 heterocycles. The van der Waals surface area contributed by atoms with Crippen LogP contribution < -0.4 is 5.32 Å². The van der Waals surface area contributed by atoms with Gasteiger partial charge in [-0.05, 0) is 30.2 Å². The molecule has 1 aliphatic rings. The second-order valence-electron chi connectivity index (χ2n) is 5.40. The van der Waals surface area contributed by atoms with Gasteiger partial charge in [0, 0.05) is 6.04 Å². The van der Waals surface area contributed by atoms with Gasteiger partial charge in [-0.3, -0.25) is 9.69 Å². The summed E-state index contributed by atoms with van der Waals surface area (Å²) in [5, 5.41) is 4.01. The van der Waals surface area contributed by atoms with Crippen LogP contribution in [-0.2, 0) is 4.79 Å². The number of hydrogen-bond acceptors (Lipinski definition) is 2. The monoisotopic (exact) mass is 334 g/mol. The fourth-order valence-corrected chi connectivity index (χ4v) is 3.09. The quantitative estimate of drug-likeness (QED) is 0.912. The summed E-state index contributed by atoms with van der Waals surface area (Å²) in [6.07, 6.45) is -0.197. The third-order valence-corrected chi connectivity index (χ3v) is 4.73. The summed E-state index contributed by atoms with van der Waals surface area (Å²) in [6.45, 7) is 2.46. The molecule has 1 aliphatic heterocycles. The molecule has 0 aliphatic carbocycles. The van der Waals surface area contributed by atoms with E-state index in [1.165, 1.54) is 5.56 Å². The minimum atomic E-state index is -0.197. The first kappa shape index (κ1) is 15.3. The Morgan fingerprint density at radius 2 is 1.86 bits per heavy atom. The number of nitrogens with one attached hydrogen (secondary N) is 1. The van der Waals surface area contributed by atoms with Crippen molar-refractivity contribution in [3.8, 4) is 0 Å². The average Bonchev–Trinajstić information content (AvgIpc) is 2.92. The molecule has 0 saturated carbocycles. The van der Waals surface area contributed by atoms with Crippen molar-refractivity contribution >= 4 is 29.1 Å². The fraction of sp³-hybridized carbons (Fsp3) is 0.235. The van der Waals surface area contributed by atoms with Gasteiger partial charge in [0.25, 0.3) is 0 Å². The van der Waals surface area contributed by atoms with Crippen LogP contribution in [-0.4, -0.2) is 17.4 Å². The second-order valence-corrected chi connectivity index (χ2v) is 6.22. The molecule has 0 aromatic heterocycles. The summed E-state index contributed by atoms with van der Waals surface area (Å²) in [5.74, 6) is 0.0128. The predicted molar refractivity (Wildman–Crippen MR) is 88.9 cm³/mol. The van der Waals surface area contributed by atoms with E-state index in [0.29, 0.717) is 16.6 Å². The molecule has 1 fully saturated rings. The molecule has 2 atom stereocenters. The van der Waals surface area contributed by atoms with Crippen molar-refractivity contribution in [1.29, 1.82) is 0 Å². The summed E-state index contributed by atoms with van der Waals surface area (Å²) in [5.41, 5.74) is 2.10. The zero-order chi connectivity index (χ0) is 15.7. The molecule has 1 saturated heterocycles. The normalized spacial score (nSPS) is 20.0. The van der Waals surface area contributed by atoms with Crippen molar-refractivity contribution in [2.45, 2.75) is 19.1 Å². The van der Waals surface area contributed by atoms with Gasteiger partial charge in [0.15, 0.2) is 0 Å². The number of carbonyl (C=O) groups excluding carboxylic acids is 1. The number of amides is 1. The Hall–Kier alpha value is -1.55. The van der Waals surface area contributed by atoms with Crippen LogP contribution in [0.15, 0.2) is 48.5 Å². The van der Waals surface area contributed by atoms with Gasteiger partial charge < -0.3 is 5.32 Å². The Balaban J connectivity index is 1.92. The van der Waals surface area contributed by atoms with Crippen LogP contribution in [0, 0.1) is 0 Å². The lowest BCUT2D eigenvalue weighted by Crippen LogP contribution is -2.30. The molecule has 1 unspecified atom stereocenters. The summed E-state index contributed by atoms with van der Waals surface area (Å²) in [4.78, 5) is 14.0. The van der Waals surface area contributed by atoms with Crippen LogP contribution in [0.4, 0.5) is 0 Å². The van der Waals surface area contributed by atoms with Crippen molar-refractivity contribution < 1.29 is 4.79 Å². The highest BCUT2D eigenvalue weighted by Gasteiger charge is 2.34. The molecule has 1 N–H and O–H groups in total. The third kappa shape index (κ3) is 2.98. The maximum atomic E-state index is 11.9. The minimum Gasteiger partial charge on any atom is -0.335 e. The molecule has 114 valence electrons. The van der Waals surface area contributed by atoms with Crippen molar-refractivity contribution in [2.24, 2.45) is 0 Å². The molecule has 0 spiro atoms. The Labute approximate surface area is 139 Å².